The predicted molar refractivity (Wildman–Crippen MR) is 152 cm³/mol. The molecule has 1 aromatic carbocycles. The van der Waals surface area contributed by atoms with Gasteiger partial charge in [-0.3, -0.25) is 19.3 Å². The molecule has 3 atom stereocenters. The minimum Gasteiger partial charge on any atom is -0.491 e. The Morgan fingerprint density at radius 1 is 1.17 bits per heavy atom. The fraction of sp³-hybridized carbons (Fsp3) is 0.552. The largest absolute Gasteiger partial charge is 0.491 e. The first-order chi connectivity index (χ1) is 19.7. The van der Waals surface area contributed by atoms with E-state index < -0.39 is 24.1 Å². The van der Waals surface area contributed by atoms with Gasteiger partial charge in [-0.2, -0.15) is 0 Å². The number of likely N-dealkylation sites (N-methyl/N-ethyl adjacent to an activating group) is 1. The summed E-state index contributed by atoms with van der Waals surface area (Å²) in [6.07, 6.45) is 4.91. The van der Waals surface area contributed by atoms with Gasteiger partial charge in [0.2, 0.25) is 17.6 Å². The van der Waals surface area contributed by atoms with E-state index >= 15 is 0 Å². The van der Waals surface area contributed by atoms with Gasteiger partial charge in [-0.05, 0) is 50.7 Å². The van der Waals surface area contributed by atoms with E-state index in [1.54, 1.807) is 34.5 Å². The molecule has 4 rings (SSSR count). The van der Waals surface area contributed by atoms with Crippen LogP contribution in [0.15, 0.2) is 29.6 Å². The Bertz CT molecular complexity index is 1250. The quantitative estimate of drug-likeness (QED) is 0.339. The van der Waals surface area contributed by atoms with Crippen molar-refractivity contribution >= 4 is 35.0 Å². The summed E-state index contributed by atoms with van der Waals surface area (Å²) in [7, 11) is 1.33. The van der Waals surface area contributed by atoms with Gasteiger partial charge in [-0.25, -0.2) is 9.78 Å². The fourth-order valence-corrected chi connectivity index (χ4v) is 6.46. The molecule has 0 spiro atoms. The lowest BCUT2D eigenvalue weighted by Gasteiger charge is -2.35. The van der Waals surface area contributed by atoms with Gasteiger partial charge in [-0.15, -0.1) is 11.3 Å². The number of aliphatic hydroxyl groups excluding tert-OH is 1. The van der Waals surface area contributed by atoms with Crippen molar-refractivity contribution in [1.82, 2.24) is 20.1 Å². The molecular formula is C29H38N4O7S. The van der Waals surface area contributed by atoms with Crippen LogP contribution >= 0.6 is 11.3 Å². The summed E-state index contributed by atoms with van der Waals surface area (Å²) in [6, 6.07) is 4.70. The van der Waals surface area contributed by atoms with E-state index in [0.29, 0.717) is 29.3 Å². The smallest absolute Gasteiger partial charge is 0.407 e. The van der Waals surface area contributed by atoms with Crippen molar-refractivity contribution in [3.05, 3.63) is 45.9 Å². The van der Waals surface area contributed by atoms with Crippen LogP contribution in [0.2, 0.25) is 0 Å². The van der Waals surface area contributed by atoms with E-state index in [2.05, 4.69) is 10.3 Å². The van der Waals surface area contributed by atoms with Crippen LogP contribution in [0.1, 0.15) is 79.0 Å². The average molecular weight is 587 g/mol. The number of nitrogens with zero attached hydrogens (tertiary/aromatic N) is 3. The number of nitrogens with one attached hydrogen (secondary N) is 1. The number of benzene rings is 1. The molecule has 2 aromatic rings. The first kappa shape index (κ1) is 30.4. The molecule has 1 aliphatic carbocycles. The van der Waals surface area contributed by atoms with Gasteiger partial charge in [0.25, 0.3) is 0 Å². The maximum Gasteiger partial charge on any atom is 0.407 e. The SMILES string of the molecule is CC(C(=O)NC(C(=O)N1CCC[C@H]1c1nc(C(=O)c2cccc(OCCO)c2)cs1)C1CCCCC1)N(C)C(=O)O. The molecule has 1 saturated carbocycles. The summed E-state index contributed by atoms with van der Waals surface area (Å²) < 4.78 is 5.42. The van der Waals surface area contributed by atoms with Crippen LogP contribution < -0.4 is 10.1 Å². The zero-order valence-electron chi connectivity index (χ0n) is 23.5. The first-order valence-electron chi connectivity index (χ1n) is 14.1. The highest BCUT2D eigenvalue weighted by Crippen LogP contribution is 2.36. The summed E-state index contributed by atoms with van der Waals surface area (Å²) in [5, 5.41) is 23.6. The molecule has 2 unspecified atom stereocenters. The second-order valence-electron chi connectivity index (χ2n) is 10.6. The van der Waals surface area contributed by atoms with Crippen LogP contribution in [0.4, 0.5) is 4.79 Å². The molecular weight excluding hydrogens is 548 g/mol. The molecule has 1 aromatic heterocycles. The highest BCUT2D eigenvalue weighted by Gasteiger charge is 2.40. The zero-order chi connectivity index (χ0) is 29.5. The van der Waals surface area contributed by atoms with Gasteiger partial charge in [0.15, 0.2) is 0 Å². The average Bonchev–Trinajstić information content (AvgIpc) is 3.68. The molecule has 2 aliphatic rings. The highest BCUT2D eigenvalue weighted by molar-refractivity contribution is 7.10. The lowest BCUT2D eigenvalue weighted by Crippen LogP contribution is -2.56. The Labute approximate surface area is 243 Å². The summed E-state index contributed by atoms with van der Waals surface area (Å²) >= 11 is 1.33. The van der Waals surface area contributed by atoms with Gasteiger partial charge in [-0.1, -0.05) is 31.4 Å². The van der Waals surface area contributed by atoms with Crippen molar-refractivity contribution in [1.29, 1.82) is 0 Å². The first-order valence-corrected chi connectivity index (χ1v) is 15.0. The Morgan fingerprint density at radius 2 is 1.93 bits per heavy atom. The summed E-state index contributed by atoms with van der Waals surface area (Å²) in [6.45, 7) is 2.02. The van der Waals surface area contributed by atoms with Gasteiger partial charge >= 0.3 is 6.09 Å². The second-order valence-corrected chi connectivity index (χ2v) is 11.5. The summed E-state index contributed by atoms with van der Waals surface area (Å²) in [4.78, 5) is 59.0. The number of amides is 3. The Hall–Kier alpha value is -3.51. The van der Waals surface area contributed by atoms with E-state index in [1.165, 1.54) is 25.3 Å². The maximum atomic E-state index is 14.0. The monoisotopic (exact) mass is 586 g/mol. The number of hydrogen-bond donors (Lipinski definition) is 3. The molecule has 1 saturated heterocycles. The highest BCUT2D eigenvalue weighted by atomic mass is 32.1. The molecule has 2 fully saturated rings. The van der Waals surface area contributed by atoms with Gasteiger partial charge in [0.05, 0.1) is 12.6 Å². The molecule has 12 heteroatoms. The number of likely N-dealkylation sites (tertiary alicyclic amines) is 1. The lowest BCUT2D eigenvalue weighted by atomic mass is 9.83. The minimum atomic E-state index is -1.22. The number of rotatable bonds is 11. The normalized spacial score (nSPS) is 18.9. The molecule has 0 radical (unpaired) electrons. The number of hydrogen-bond acceptors (Lipinski definition) is 8. The van der Waals surface area contributed by atoms with Gasteiger partial charge < -0.3 is 25.2 Å². The van der Waals surface area contributed by atoms with Crippen molar-refractivity contribution in [2.75, 3.05) is 26.8 Å². The fourth-order valence-electron chi connectivity index (χ4n) is 5.51. The molecule has 222 valence electrons. The molecule has 0 bridgehead atoms. The van der Waals surface area contributed by atoms with Crippen molar-refractivity contribution < 1.29 is 34.1 Å². The molecule has 3 N–H and O–H groups in total. The lowest BCUT2D eigenvalue weighted by molar-refractivity contribution is -0.140. The topological polar surface area (TPSA) is 149 Å². The van der Waals surface area contributed by atoms with Crippen LogP contribution in [-0.2, 0) is 9.59 Å². The van der Waals surface area contributed by atoms with E-state index in [9.17, 15) is 24.3 Å². The number of carbonyl (C=O) groups excluding carboxylic acids is 3. The Morgan fingerprint density at radius 3 is 2.63 bits per heavy atom. The maximum absolute atomic E-state index is 14.0. The zero-order valence-corrected chi connectivity index (χ0v) is 24.3. The van der Waals surface area contributed by atoms with E-state index in [0.717, 1.165) is 43.4 Å². The Kier molecular flexibility index (Phi) is 10.3. The third-order valence-electron chi connectivity index (χ3n) is 7.98. The van der Waals surface area contributed by atoms with Crippen LogP contribution in [-0.4, -0.2) is 87.6 Å². The number of aliphatic hydroxyl groups is 1. The number of carbonyl (C=O) groups is 4. The molecule has 2 heterocycles. The number of carboxylic acid groups (broad SMARTS) is 1. The van der Waals surface area contributed by atoms with Crippen LogP contribution in [0.3, 0.4) is 0 Å². The standard InChI is InChI=1S/C29H38N4O7S/c1-18(32(2)29(38)39)26(36)31-24(19-8-4-3-5-9-19)28(37)33-13-7-12-23(33)27-30-22(17-41-27)25(35)20-10-6-11-21(16-20)40-15-14-34/h6,10-11,16-19,23-24,34H,3-5,7-9,12-15H2,1-2H3,(H,31,36)(H,38,39)/t18?,23-,24?/m0/s1. The molecule has 11 nitrogen and oxygen atoms in total. The third-order valence-corrected chi connectivity index (χ3v) is 8.92. The number of aromatic nitrogens is 1. The van der Waals surface area contributed by atoms with E-state index in [4.69, 9.17) is 9.84 Å². The number of thiazole rings is 1. The summed E-state index contributed by atoms with van der Waals surface area (Å²) in [5.74, 6) is -0.497. The molecule has 3 amide bonds. The predicted octanol–water partition coefficient (Wildman–Crippen LogP) is 3.47. The second kappa shape index (κ2) is 13.9. The molecule has 41 heavy (non-hydrogen) atoms. The van der Waals surface area contributed by atoms with Crippen LogP contribution in [0.5, 0.6) is 5.75 Å². The third kappa shape index (κ3) is 7.23. The van der Waals surface area contributed by atoms with Gasteiger partial charge in [0.1, 0.15) is 35.1 Å². The van der Waals surface area contributed by atoms with Crippen LogP contribution in [0.25, 0.3) is 0 Å². The van der Waals surface area contributed by atoms with Crippen molar-refractivity contribution in [3.8, 4) is 5.75 Å². The van der Waals surface area contributed by atoms with Crippen LogP contribution in [0, 0.1) is 5.92 Å². The molecule has 1 aliphatic heterocycles. The van der Waals surface area contributed by atoms with Crippen molar-refractivity contribution in [2.24, 2.45) is 5.92 Å². The number of ether oxygens (including phenoxy) is 1. The van der Waals surface area contributed by atoms with Gasteiger partial charge in [0, 0.05) is 24.5 Å². The van der Waals surface area contributed by atoms with E-state index in [-0.39, 0.29) is 42.6 Å². The van der Waals surface area contributed by atoms with Crippen molar-refractivity contribution in [2.45, 2.75) is 70.0 Å². The van der Waals surface area contributed by atoms with E-state index in [1.807, 2.05) is 0 Å². The minimum absolute atomic E-state index is 0.0300. The van der Waals surface area contributed by atoms with Crippen molar-refractivity contribution in [3.63, 3.8) is 0 Å². The summed E-state index contributed by atoms with van der Waals surface area (Å²) in [5.41, 5.74) is 0.698. The number of ketones is 1. The Balaban J connectivity index is 1.52.